The lowest BCUT2D eigenvalue weighted by Gasteiger charge is -2.18. The quantitative estimate of drug-likeness (QED) is 0.0990. The number of carbonyl (C=O) groups excluding carboxylic acids is 3. The zero-order valence-electron chi connectivity index (χ0n) is 24.3. The van der Waals surface area contributed by atoms with E-state index in [1.807, 2.05) is 36.4 Å². The van der Waals surface area contributed by atoms with Crippen LogP contribution in [0.4, 0.5) is 11.4 Å². The average molecular weight is 721 g/mol. The molecule has 3 amide bonds. The van der Waals surface area contributed by atoms with Crippen molar-refractivity contribution in [2.75, 3.05) is 10.6 Å². The Balaban J connectivity index is 1.40. The highest BCUT2D eigenvalue weighted by molar-refractivity contribution is 8.00. The van der Waals surface area contributed by atoms with E-state index < -0.39 is 17.1 Å². The maximum Gasteiger partial charge on any atom is 0.272 e. The molecular formula is C36H25Cl4N3O3S. The molecule has 0 saturated heterocycles. The van der Waals surface area contributed by atoms with Crippen molar-refractivity contribution in [3.63, 3.8) is 0 Å². The molecule has 0 radical (unpaired) electrons. The maximum absolute atomic E-state index is 13.6. The van der Waals surface area contributed by atoms with Gasteiger partial charge in [0.25, 0.3) is 11.8 Å². The predicted octanol–water partition coefficient (Wildman–Crippen LogP) is 10.2. The molecule has 0 aliphatic heterocycles. The lowest BCUT2D eigenvalue weighted by molar-refractivity contribution is -0.116. The number of thioether (sulfide) groups is 1. The number of carbonyl (C=O) groups is 3. The number of benzene rings is 5. The van der Waals surface area contributed by atoms with Crippen LogP contribution in [0.1, 0.15) is 26.7 Å². The van der Waals surface area contributed by atoms with E-state index in [1.165, 1.54) is 17.8 Å². The third-order valence-electron chi connectivity index (χ3n) is 6.69. The lowest BCUT2D eigenvalue weighted by atomic mass is 10.1. The summed E-state index contributed by atoms with van der Waals surface area (Å²) < 4.78 is 0. The minimum Gasteiger partial charge on any atom is -0.323 e. The second-order valence-electron chi connectivity index (χ2n) is 10.0. The molecule has 3 N–H and O–H groups in total. The van der Waals surface area contributed by atoms with E-state index in [-0.39, 0.29) is 16.6 Å². The third kappa shape index (κ3) is 9.19. The van der Waals surface area contributed by atoms with E-state index in [0.29, 0.717) is 42.5 Å². The van der Waals surface area contributed by atoms with Crippen molar-refractivity contribution >= 4 is 93.3 Å². The van der Waals surface area contributed by atoms with Gasteiger partial charge in [0.05, 0.1) is 20.8 Å². The first kappa shape index (κ1) is 34.1. The Morgan fingerprint density at radius 2 is 1.38 bits per heavy atom. The number of rotatable bonds is 10. The summed E-state index contributed by atoms with van der Waals surface area (Å²) in [5, 5.41) is 9.07. The van der Waals surface area contributed by atoms with Crippen LogP contribution in [0.3, 0.4) is 0 Å². The number of anilines is 2. The fourth-order valence-electron chi connectivity index (χ4n) is 4.40. The Bertz CT molecular complexity index is 1960. The van der Waals surface area contributed by atoms with Crippen molar-refractivity contribution in [3.8, 4) is 0 Å². The molecular weight excluding hydrogens is 696 g/mol. The molecule has 6 nitrogen and oxygen atoms in total. The van der Waals surface area contributed by atoms with Crippen LogP contribution in [0, 0.1) is 0 Å². The first-order valence-electron chi connectivity index (χ1n) is 14.1. The van der Waals surface area contributed by atoms with Gasteiger partial charge in [-0.25, -0.2) is 0 Å². The molecule has 0 aromatic heterocycles. The summed E-state index contributed by atoms with van der Waals surface area (Å²) in [5.41, 5.74) is 2.39. The van der Waals surface area contributed by atoms with Gasteiger partial charge in [-0.05, 0) is 71.8 Å². The van der Waals surface area contributed by atoms with Gasteiger partial charge in [-0.3, -0.25) is 14.4 Å². The number of hydrogen-bond acceptors (Lipinski definition) is 4. The number of nitrogens with one attached hydrogen (secondary N) is 3. The van der Waals surface area contributed by atoms with Gasteiger partial charge in [0.1, 0.15) is 10.9 Å². The van der Waals surface area contributed by atoms with E-state index in [1.54, 1.807) is 84.9 Å². The molecule has 0 saturated carbocycles. The molecule has 11 heteroatoms. The van der Waals surface area contributed by atoms with Crippen LogP contribution in [-0.2, 0) is 9.59 Å². The van der Waals surface area contributed by atoms with Crippen LogP contribution in [0.15, 0.2) is 132 Å². The van der Waals surface area contributed by atoms with Crippen LogP contribution >= 0.6 is 58.2 Å². The van der Waals surface area contributed by atoms with E-state index in [0.717, 1.165) is 5.56 Å². The Morgan fingerprint density at radius 1 is 0.681 bits per heavy atom. The molecule has 0 fully saturated rings. The smallest absolute Gasteiger partial charge is 0.272 e. The Morgan fingerprint density at radius 3 is 2.11 bits per heavy atom. The molecule has 1 atom stereocenters. The molecule has 0 aliphatic carbocycles. The highest BCUT2D eigenvalue weighted by Gasteiger charge is 2.24. The van der Waals surface area contributed by atoms with E-state index in [4.69, 9.17) is 46.4 Å². The minimum absolute atomic E-state index is 0.0533. The van der Waals surface area contributed by atoms with Gasteiger partial charge >= 0.3 is 0 Å². The summed E-state index contributed by atoms with van der Waals surface area (Å²) in [6.45, 7) is 0. The summed E-state index contributed by atoms with van der Waals surface area (Å²) in [6, 6.07) is 34.7. The molecule has 5 rings (SSSR count). The van der Waals surface area contributed by atoms with Gasteiger partial charge < -0.3 is 16.0 Å². The van der Waals surface area contributed by atoms with Crippen LogP contribution in [0.5, 0.6) is 0 Å². The molecule has 5 aromatic carbocycles. The zero-order chi connectivity index (χ0) is 33.3. The molecule has 0 bridgehead atoms. The first-order chi connectivity index (χ1) is 22.7. The van der Waals surface area contributed by atoms with Crippen LogP contribution < -0.4 is 16.0 Å². The van der Waals surface area contributed by atoms with Crippen molar-refractivity contribution in [3.05, 3.63) is 164 Å². The summed E-state index contributed by atoms with van der Waals surface area (Å²) in [5.74, 6) is -1.37. The average Bonchev–Trinajstić information content (AvgIpc) is 3.07. The summed E-state index contributed by atoms with van der Waals surface area (Å²) >= 11 is 26.2. The fourth-order valence-corrected chi connectivity index (χ4v) is 6.30. The van der Waals surface area contributed by atoms with Crippen molar-refractivity contribution < 1.29 is 14.4 Å². The first-order valence-corrected chi connectivity index (χ1v) is 16.5. The molecule has 236 valence electrons. The minimum atomic E-state index is -0.667. The van der Waals surface area contributed by atoms with Crippen molar-refractivity contribution in [1.29, 1.82) is 0 Å². The zero-order valence-corrected chi connectivity index (χ0v) is 28.2. The highest BCUT2D eigenvalue weighted by atomic mass is 35.5. The van der Waals surface area contributed by atoms with Gasteiger partial charge in [0.2, 0.25) is 5.91 Å². The standard InChI is InChI=1S/C36H25Cl4N3O3S/c37-25-17-18-30(29(39)20-25)42-36(46)33(22-9-3-1-4-10-22)47-27-15-8-14-26(21-27)41-35(45)31(19-24-13-7-16-28(38)32(24)40)43-34(44)23-11-5-2-6-12-23/h1-21,33H,(H,41,45)(H,42,46)(H,43,44)/b31-19+. The predicted molar refractivity (Wildman–Crippen MR) is 194 cm³/mol. The molecule has 47 heavy (non-hydrogen) atoms. The summed E-state index contributed by atoms with van der Waals surface area (Å²) in [6.07, 6.45) is 1.46. The molecule has 0 aliphatic rings. The van der Waals surface area contributed by atoms with Gasteiger partial charge in [0, 0.05) is 21.2 Å². The molecule has 0 heterocycles. The maximum atomic E-state index is 13.6. The molecule has 0 spiro atoms. The van der Waals surface area contributed by atoms with Crippen LogP contribution in [0.25, 0.3) is 6.08 Å². The second-order valence-corrected chi connectivity index (χ2v) is 12.8. The monoisotopic (exact) mass is 719 g/mol. The lowest BCUT2D eigenvalue weighted by Crippen LogP contribution is -2.30. The number of halogens is 4. The van der Waals surface area contributed by atoms with Crippen LogP contribution in [0.2, 0.25) is 20.1 Å². The molecule has 1 unspecified atom stereocenters. The SMILES string of the molecule is O=C(Nc1cccc(SC(C(=O)Nc2ccc(Cl)cc2Cl)c2ccccc2)c1)/C(=C\c1cccc(Cl)c1Cl)NC(=O)c1ccccc1. The van der Waals surface area contributed by atoms with Gasteiger partial charge in [-0.1, -0.05) is 113 Å². The summed E-state index contributed by atoms with van der Waals surface area (Å²) in [4.78, 5) is 41.0. The number of hydrogen-bond donors (Lipinski definition) is 3. The van der Waals surface area contributed by atoms with Gasteiger partial charge in [-0.2, -0.15) is 0 Å². The van der Waals surface area contributed by atoms with Crippen molar-refractivity contribution in [2.45, 2.75) is 10.1 Å². The Labute approximate surface area is 296 Å². The van der Waals surface area contributed by atoms with Gasteiger partial charge in [-0.15, -0.1) is 11.8 Å². The van der Waals surface area contributed by atoms with E-state index >= 15 is 0 Å². The number of amides is 3. The largest absolute Gasteiger partial charge is 0.323 e. The molecule has 5 aromatic rings. The van der Waals surface area contributed by atoms with Crippen molar-refractivity contribution in [2.24, 2.45) is 0 Å². The second kappa shape index (κ2) is 16.0. The van der Waals surface area contributed by atoms with Gasteiger partial charge in [0.15, 0.2) is 0 Å². The third-order valence-corrected chi connectivity index (χ3v) is 9.31. The van der Waals surface area contributed by atoms with Crippen molar-refractivity contribution in [1.82, 2.24) is 5.32 Å². The van der Waals surface area contributed by atoms with E-state index in [2.05, 4.69) is 16.0 Å². The highest BCUT2D eigenvalue weighted by Crippen LogP contribution is 2.38. The normalized spacial score (nSPS) is 11.8. The Hall–Kier alpha value is -4.24. The summed E-state index contributed by atoms with van der Waals surface area (Å²) in [7, 11) is 0. The van der Waals surface area contributed by atoms with Crippen LogP contribution in [-0.4, -0.2) is 17.7 Å². The topological polar surface area (TPSA) is 87.3 Å². The Kier molecular flexibility index (Phi) is 11.6. The fraction of sp³-hybridized carbons (Fsp3) is 0.0278. The van der Waals surface area contributed by atoms with E-state index in [9.17, 15) is 14.4 Å².